The minimum atomic E-state index is -0.464. The van der Waals surface area contributed by atoms with Gasteiger partial charge < -0.3 is 0 Å². The van der Waals surface area contributed by atoms with Crippen molar-refractivity contribution in [1.82, 2.24) is 14.6 Å². The Labute approximate surface area is 151 Å². The molecule has 128 valence electrons. The Bertz CT molecular complexity index is 1120. The molecule has 0 unspecified atom stereocenters. The van der Waals surface area contributed by atoms with Crippen molar-refractivity contribution >= 4 is 22.9 Å². The molecule has 0 saturated heterocycles. The van der Waals surface area contributed by atoms with E-state index in [1.54, 1.807) is 40.9 Å². The van der Waals surface area contributed by atoms with Crippen molar-refractivity contribution in [3.8, 4) is 22.5 Å². The highest BCUT2D eigenvalue weighted by Crippen LogP contribution is 2.33. The molecule has 0 atom stereocenters. The first-order valence-corrected chi connectivity index (χ1v) is 7.97. The van der Waals surface area contributed by atoms with Crippen LogP contribution in [0, 0.1) is 15.9 Å². The van der Waals surface area contributed by atoms with Gasteiger partial charge in [-0.15, -0.1) is 0 Å². The fourth-order valence-corrected chi connectivity index (χ4v) is 2.86. The van der Waals surface area contributed by atoms with E-state index in [-0.39, 0.29) is 16.7 Å². The van der Waals surface area contributed by atoms with Gasteiger partial charge in [-0.05, 0) is 48.5 Å². The van der Waals surface area contributed by atoms with Crippen molar-refractivity contribution < 1.29 is 9.31 Å². The molecular formula is C18H10ClFN4O2. The first-order chi connectivity index (χ1) is 12.5. The number of non-ortho nitro benzene ring substituents is 1. The van der Waals surface area contributed by atoms with Crippen LogP contribution in [0.5, 0.6) is 0 Å². The van der Waals surface area contributed by atoms with Gasteiger partial charge in [0.05, 0.1) is 10.6 Å². The lowest BCUT2D eigenvalue weighted by Gasteiger charge is -2.05. The SMILES string of the molecule is O=[N+]([O-])c1ccc(-c2c(-c3ccc(F)cc3)nc3ccc(Cl)nn23)cc1. The van der Waals surface area contributed by atoms with Crippen LogP contribution in [-0.4, -0.2) is 19.5 Å². The first-order valence-electron chi connectivity index (χ1n) is 7.59. The minimum Gasteiger partial charge on any atom is -0.258 e. The lowest BCUT2D eigenvalue weighted by atomic mass is 10.0. The summed E-state index contributed by atoms with van der Waals surface area (Å²) in [7, 11) is 0. The van der Waals surface area contributed by atoms with Gasteiger partial charge in [-0.1, -0.05) is 11.6 Å². The summed E-state index contributed by atoms with van der Waals surface area (Å²) < 4.78 is 14.9. The van der Waals surface area contributed by atoms with Gasteiger partial charge in [-0.2, -0.15) is 5.10 Å². The number of nitrogens with zero attached hydrogens (tertiary/aromatic N) is 4. The number of benzene rings is 2. The largest absolute Gasteiger partial charge is 0.269 e. The molecule has 26 heavy (non-hydrogen) atoms. The molecule has 0 spiro atoms. The van der Waals surface area contributed by atoms with Crippen LogP contribution < -0.4 is 0 Å². The van der Waals surface area contributed by atoms with Crippen LogP contribution in [0.3, 0.4) is 0 Å². The number of halogens is 2. The summed E-state index contributed by atoms with van der Waals surface area (Å²) in [5.74, 6) is -0.351. The molecule has 0 amide bonds. The summed E-state index contributed by atoms with van der Waals surface area (Å²) in [6.07, 6.45) is 0. The molecule has 2 aromatic carbocycles. The van der Waals surface area contributed by atoms with Gasteiger partial charge in [-0.25, -0.2) is 13.9 Å². The Hall–Kier alpha value is -3.32. The summed E-state index contributed by atoms with van der Waals surface area (Å²) >= 11 is 6.02. The third-order valence-electron chi connectivity index (χ3n) is 3.91. The molecule has 4 aromatic rings. The molecular weight excluding hydrogens is 359 g/mol. The zero-order valence-electron chi connectivity index (χ0n) is 13.1. The Morgan fingerprint density at radius 3 is 2.27 bits per heavy atom. The number of hydrogen-bond acceptors (Lipinski definition) is 4. The van der Waals surface area contributed by atoms with Gasteiger partial charge in [0.15, 0.2) is 5.65 Å². The summed E-state index contributed by atoms with van der Waals surface area (Å²) in [5.41, 5.74) is 3.11. The zero-order chi connectivity index (χ0) is 18.3. The minimum absolute atomic E-state index is 0.0168. The molecule has 2 aromatic heterocycles. The van der Waals surface area contributed by atoms with E-state index >= 15 is 0 Å². The van der Waals surface area contributed by atoms with Crippen LogP contribution >= 0.6 is 11.6 Å². The number of rotatable bonds is 3. The van der Waals surface area contributed by atoms with E-state index in [4.69, 9.17) is 11.6 Å². The molecule has 2 heterocycles. The molecule has 4 rings (SSSR count). The van der Waals surface area contributed by atoms with Crippen LogP contribution in [0.25, 0.3) is 28.2 Å². The molecule has 8 heteroatoms. The molecule has 0 radical (unpaired) electrons. The summed E-state index contributed by atoms with van der Waals surface area (Å²) in [6.45, 7) is 0. The second kappa shape index (κ2) is 6.20. The maximum absolute atomic E-state index is 13.3. The molecule has 6 nitrogen and oxygen atoms in total. The van der Waals surface area contributed by atoms with Crippen molar-refractivity contribution in [2.45, 2.75) is 0 Å². The average Bonchev–Trinajstić information content (AvgIpc) is 3.01. The molecule has 0 aliphatic heterocycles. The van der Waals surface area contributed by atoms with E-state index in [0.29, 0.717) is 28.2 Å². The highest BCUT2D eigenvalue weighted by Gasteiger charge is 2.18. The van der Waals surface area contributed by atoms with Gasteiger partial charge >= 0.3 is 0 Å². The number of nitro benzene ring substituents is 1. The van der Waals surface area contributed by atoms with E-state index in [9.17, 15) is 14.5 Å². The van der Waals surface area contributed by atoms with Gasteiger partial charge in [0.25, 0.3) is 5.69 Å². The quantitative estimate of drug-likeness (QED) is 0.386. The van der Waals surface area contributed by atoms with Crippen molar-refractivity contribution in [1.29, 1.82) is 0 Å². The molecule has 0 aliphatic carbocycles. The fraction of sp³-hybridized carbons (Fsp3) is 0. The number of fused-ring (bicyclic) bond motifs is 1. The van der Waals surface area contributed by atoms with Crippen molar-refractivity contribution in [3.63, 3.8) is 0 Å². The lowest BCUT2D eigenvalue weighted by molar-refractivity contribution is -0.384. The third kappa shape index (κ3) is 2.78. The Morgan fingerprint density at radius 2 is 1.62 bits per heavy atom. The van der Waals surface area contributed by atoms with Crippen LogP contribution in [-0.2, 0) is 0 Å². The van der Waals surface area contributed by atoms with Gasteiger partial charge in [0.2, 0.25) is 0 Å². The molecule has 0 saturated carbocycles. The summed E-state index contributed by atoms with van der Waals surface area (Å²) in [6, 6.07) is 15.3. The molecule has 0 aliphatic rings. The molecule has 0 bridgehead atoms. The van der Waals surface area contributed by atoms with E-state index < -0.39 is 4.92 Å². The van der Waals surface area contributed by atoms with Crippen LogP contribution in [0.15, 0.2) is 60.7 Å². The second-order valence-corrected chi connectivity index (χ2v) is 5.93. The van der Waals surface area contributed by atoms with Gasteiger partial charge in [-0.3, -0.25) is 10.1 Å². The van der Waals surface area contributed by atoms with E-state index in [0.717, 1.165) is 0 Å². The van der Waals surface area contributed by atoms with E-state index in [1.807, 2.05) is 0 Å². The predicted octanol–water partition coefficient (Wildman–Crippen LogP) is 4.76. The fourth-order valence-electron chi connectivity index (χ4n) is 2.72. The third-order valence-corrected chi connectivity index (χ3v) is 4.12. The monoisotopic (exact) mass is 368 g/mol. The summed E-state index contributed by atoms with van der Waals surface area (Å²) in [4.78, 5) is 15.0. The Balaban J connectivity index is 1.98. The second-order valence-electron chi connectivity index (χ2n) is 5.55. The topological polar surface area (TPSA) is 73.3 Å². The highest BCUT2D eigenvalue weighted by atomic mass is 35.5. The normalized spacial score (nSPS) is 11.0. The maximum atomic E-state index is 13.3. The van der Waals surface area contributed by atoms with Crippen molar-refractivity contribution in [3.05, 3.63) is 81.7 Å². The van der Waals surface area contributed by atoms with E-state index in [2.05, 4.69) is 10.1 Å². The van der Waals surface area contributed by atoms with Crippen molar-refractivity contribution in [2.24, 2.45) is 0 Å². The number of nitro groups is 1. The Morgan fingerprint density at radius 1 is 0.962 bits per heavy atom. The van der Waals surface area contributed by atoms with Crippen LogP contribution in [0.1, 0.15) is 0 Å². The summed E-state index contributed by atoms with van der Waals surface area (Å²) in [5, 5.41) is 15.5. The highest BCUT2D eigenvalue weighted by molar-refractivity contribution is 6.29. The first kappa shape index (κ1) is 16.2. The van der Waals surface area contributed by atoms with E-state index in [1.165, 1.54) is 24.3 Å². The van der Waals surface area contributed by atoms with Gasteiger partial charge in [0, 0.05) is 23.3 Å². The number of imidazole rings is 1. The Kier molecular flexibility index (Phi) is 3.85. The standard InChI is InChI=1S/C18H10ClFN4O2/c19-15-9-10-16-21-17(11-1-5-13(20)6-2-11)18(23(16)22-15)12-3-7-14(8-4-12)24(25)26/h1-10H. The maximum Gasteiger partial charge on any atom is 0.269 e. The predicted molar refractivity (Wildman–Crippen MR) is 95.5 cm³/mol. The van der Waals surface area contributed by atoms with Crippen molar-refractivity contribution in [2.75, 3.05) is 0 Å². The molecule has 0 fully saturated rings. The van der Waals surface area contributed by atoms with Crippen LogP contribution in [0.2, 0.25) is 5.15 Å². The molecule has 0 N–H and O–H groups in total. The van der Waals surface area contributed by atoms with Gasteiger partial charge in [0.1, 0.15) is 16.7 Å². The average molecular weight is 369 g/mol. The number of aromatic nitrogens is 3. The zero-order valence-corrected chi connectivity index (χ0v) is 13.9. The smallest absolute Gasteiger partial charge is 0.258 e. The number of hydrogen-bond donors (Lipinski definition) is 0. The van der Waals surface area contributed by atoms with Crippen LogP contribution in [0.4, 0.5) is 10.1 Å². The lowest BCUT2D eigenvalue weighted by Crippen LogP contribution is -1.95.